The summed E-state index contributed by atoms with van der Waals surface area (Å²) < 4.78 is 11.7. The molecule has 7 heteroatoms. The van der Waals surface area contributed by atoms with Crippen molar-refractivity contribution in [3.8, 4) is 11.8 Å². The maximum absolute atomic E-state index is 12.5. The Hall–Kier alpha value is -2.15. The topological polar surface area (TPSA) is 73.3 Å². The standard InChI is InChI=1S/C18H20BrN3O3/c1-24-14-7-8-16(19)15(11-14)17(23)22-12-3-5-13(6-4-12)25-18-20-9-2-10-21-18/h2,7-13H,3-6H2,1H3,(H,22,23). The van der Waals surface area contributed by atoms with Crippen molar-refractivity contribution in [3.63, 3.8) is 0 Å². The molecular formula is C18H20BrN3O3. The number of nitrogens with zero attached hydrogens (tertiary/aromatic N) is 2. The molecule has 6 nitrogen and oxygen atoms in total. The molecule has 1 fully saturated rings. The highest BCUT2D eigenvalue weighted by molar-refractivity contribution is 9.10. The van der Waals surface area contributed by atoms with E-state index in [0.717, 1.165) is 30.2 Å². The van der Waals surface area contributed by atoms with Gasteiger partial charge in [-0.1, -0.05) is 0 Å². The van der Waals surface area contributed by atoms with Crippen LogP contribution in [0, 0.1) is 0 Å². The fourth-order valence-electron chi connectivity index (χ4n) is 2.89. The lowest BCUT2D eigenvalue weighted by Gasteiger charge is -2.29. The van der Waals surface area contributed by atoms with Crippen LogP contribution in [0.5, 0.6) is 11.8 Å². The van der Waals surface area contributed by atoms with Gasteiger partial charge in [-0.15, -0.1) is 0 Å². The number of nitrogens with one attached hydrogen (secondary N) is 1. The summed E-state index contributed by atoms with van der Waals surface area (Å²) in [7, 11) is 1.59. The first-order chi connectivity index (χ1) is 12.2. The maximum Gasteiger partial charge on any atom is 0.316 e. The Labute approximate surface area is 155 Å². The monoisotopic (exact) mass is 405 g/mol. The Kier molecular flexibility index (Phi) is 5.86. The quantitative estimate of drug-likeness (QED) is 0.825. The molecule has 1 aliphatic carbocycles. The van der Waals surface area contributed by atoms with Crippen LogP contribution in [-0.4, -0.2) is 35.1 Å². The normalized spacial score (nSPS) is 19.9. The Morgan fingerprint density at radius 2 is 1.92 bits per heavy atom. The fraction of sp³-hybridized carbons (Fsp3) is 0.389. The van der Waals surface area contributed by atoms with E-state index in [0.29, 0.717) is 17.3 Å². The summed E-state index contributed by atoms with van der Waals surface area (Å²) in [6.07, 6.45) is 6.89. The lowest BCUT2D eigenvalue weighted by Crippen LogP contribution is -2.39. The number of hydrogen-bond donors (Lipinski definition) is 1. The molecule has 1 saturated carbocycles. The lowest BCUT2D eigenvalue weighted by molar-refractivity contribution is 0.0884. The molecule has 0 saturated heterocycles. The molecular weight excluding hydrogens is 386 g/mol. The Bertz CT molecular complexity index is 719. The minimum atomic E-state index is -0.0958. The van der Waals surface area contributed by atoms with Gasteiger partial charge in [0.1, 0.15) is 11.9 Å². The summed E-state index contributed by atoms with van der Waals surface area (Å²) in [5.41, 5.74) is 0.579. The molecule has 0 radical (unpaired) electrons. The van der Waals surface area contributed by atoms with E-state index in [9.17, 15) is 4.79 Å². The van der Waals surface area contributed by atoms with Crippen LogP contribution in [0.25, 0.3) is 0 Å². The van der Waals surface area contributed by atoms with Crippen LogP contribution in [0.15, 0.2) is 41.1 Å². The summed E-state index contributed by atoms with van der Waals surface area (Å²) in [6.45, 7) is 0. The summed E-state index contributed by atoms with van der Waals surface area (Å²) >= 11 is 3.42. The van der Waals surface area contributed by atoms with Crippen molar-refractivity contribution in [2.75, 3.05) is 7.11 Å². The van der Waals surface area contributed by atoms with Crippen LogP contribution in [0.1, 0.15) is 36.0 Å². The molecule has 1 aliphatic rings. The number of carbonyl (C=O) groups excluding carboxylic acids is 1. The van der Waals surface area contributed by atoms with E-state index in [4.69, 9.17) is 9.47 Å². The van der Waals surface area contributed by atoms with Crippen LogP contribution in [0.2, 0.25) is 0 Å². The summed E-state index contributed by atoms with van der Waals surface area (Å²) in [5.74, 6) is 0.565. The molecule has 0 atom stereocenters. The molecule has 0 unspecified atom stereocenters. The van der Waals surface area contributed by atoms with Crippen molar-refractivity contribution in [2.24, 2.45) is 0 Å². The number of ether oxygens (including phenoxy) is 2. The third kappa shape index (κ3) is 4.69. The molecule has 25 heavy (non-hydrogen) atoms. The molecule has 0 spiro atoms. The van der Waals surface area contributed by atoms with Crippen LogP contribution >= 0.6 is 15.9 Å². The largest absolute Gasteiger partial charge is 0.497 e. The Morgan fingerprint density at radius 1 is 1.20 bits per heavy atom. The highest BCUT2D eigenvalue weighted by Crippen LogP contribution is 2.25. The highest BCUT2D eigenvalue weighted by Gasteiger charge is 2.25. The second kappa shape index (κ2) is 8.29. The number of amides is 1. The van der Waals surface area contributed by atoms with Crippen molar-refractivity contribution >= 4 is 21.8 Å². The van der Waals surface area contributed by atoms with Crippen LogP contribution in [-0.2, 0) is 0 Å². The number of methoxy groups -OCH3 is 1. The summed E-state index contributed by atoms with van der Waals surface area (Å²) in [4.78, 5) is 20.7. The first kappa shape index (κ1) is 17.7. The van der Waals surface area contributed by atoms with Gasteiger partial charge in [0, 0.05) is 22.9 Å². The molecule has 2 aromatic rings. The van der Waals surface area contributed by atoms with E-state index in [1.165, 1.54) is 0 Å². The summed E-state index contributed by atoms with van der Waals surface area (Å²) in [5, 5.41) is 3.10. The number of hydrogen-bond acceptors (Lipinski definition) is 5. The minimum Gasteiger partial charge on any atom is -0.497 e. The van der Waals surface area contributed by atoms with E-state index in [2.05, 4.69) is 31.2 Å². The molecule has 1 aromatic carbocycles. The third-order valence-electron chi connectivity index (χ3n) is 4.24. The van der Waals surface area contributed by atoms with Crippen molar-refractivity contribution in [1.82, 2.24) is 15.3 Å². The second-order valence-corrected chi connectivity index (χ2v) is 6.80. The predicted octanol–water partition coefficient (Wildman–Crippen LogP) is 3.37. The molecule has 3 rings (SSSR count). The van der Waals surface area contributed by atoms with Gasteiger partial charge >= 0.3 is 6.01 Å². The predicted molar refractivity (Wildman–Crippen MR) is 96.9 cm³/mol. The third-order valence-corrected chi connectivity index (χ3v) is 4.93. The molecule has 1 amide bonds. The van der Waals surface area contributed by atoms with E-state index in [1.54, 1.807) is 31.6 Å². The Morgan fingerprint density at radius 3 is 2.60 bits per heavy atom. The number of carbonyl (C=O) groups is 1. The molecule has 1 aromatic heterocycles. The Balaban J connectivity index is 1.53. The number of aromatic nitrogens is 2. The van der Waals surface area contributed by atoms with E-state index >= 15 is 0 Å². The van der Waals surface area contributed by atoms with E-state index < -0.39 is 0 Å². The number of halogens is 1. The van der Waals surface area contributed by atoms with E-state index in [1.807, 2.05) is 12.1 Å². The zero-order valence-electron chi connectivity index (χ0n) is 13.9. The zero-order valence-corrected chi connectivity index (χ0v) is 15.5. The van der Waals surface area contributed by atoms with Gasteiger partial charge in [-0.2, -0.15) is 0 Å². The van der Waals surface area contributed by atoms with Crippen LogP contribution in [0.4, 0.5) is 0 Å². The van der Waals surface area contributed by atoms with Gasteiger partial charge in [0.15, 0.2) is 0 Å². The van der Waals surface area contributed by atoms with Gasteiger partial charge in [-0.05, 0) is 65.9 Å². The molecule has 132 valence electrons. The van der Waals surface area contributed by atoms with Gasteiger partial charge in [0.05, 0.1) is 12.7 Å². The van der Waals surface area contributed by atoms with Gasteiger partial charge in [0.25, 0.3) is 5.91 Å². The lowest BCUT2D eigenvalue weighted by atomic mass is 9.92. The molecule has 0 bridgehead atoms. The summed E-state index contributed by atoms with van der Waals surface area (Å²) in [6, 6.07) is 7.68. The number of benzene rings is 1. The number of rotatable bonds is 5. The average Bonchev–Trinajstić information content (AvgIpc) is 2.64. The minimum absolute atomic E-state index is 0.0958. The van der Waals surface area contributed by atoms with Gasteiger partial charge in [-0.3, -0.25) is 4.79 Å². The molecule has 0 aliphatic heterocycles. The van der Waals surface area contributed by atoms with Crippen molar-refractivity contribution in [1.29, 1.82) is 0 Å². The first-order valence-corrected chi connectivity index (χ1v) is 9.03. The maximum atomic E-state index is 12.5. The highest BCUT2D eigenvalue weighted by atomic mass is 79.9. The first-order valence-electron chi connectivity index (χ1n) is 8.24. The SMILES string of the molecule is COc1ccc(Br)c(C(=O)NC2CCC(Oc3ncccn3)CC2)c1. The second-order valence-electron chi connectivity index (χ2n) is 5.94. The zero-order chi connectivity index (χ0) is 17.6. The van der Waals surface area contributed by atoms with Gasteiger partial charge < -0.3 is 14.8 Å². The smallest absolute Gasteiger partial charge is 0.316 e. The van der Waals surface area contributed by atoms with Gasteiger partial charge in [0.2, 0.25) is 0 Å². The molecule has 1 N–H and O–H groups in total. The van der Waals surface area contributed by atoms with Crippen molar-refractivity contribution < 1.29 is 14.3 Å². The van der Waals surface area contributed by atoms with Crippen LogP contribution < -0.4 is 14.8 Å². The average molecular weight is 406 g/mol. The van der Waals surface area contributed by atoms with Crippen molar-refractivity contribution in [2.45, 2.75) is 37.8 Å². The van der Waals surface area contributed by atoms with Crippen LogP contribution in [0.3, 0.4) is 0 Å². The fourth-order valence-corrected chi connectivity index (χ4v) is 3.32. The molecule has 1 heterocycles. The van der Waals surface area contributed by atoms with Gasteiger partial charge in [-0.25, -0.2) is 9.97 Å². The van der Waals surface area contributed by atoms with E-state index in [-0.39, 0.29) is 18.1 Å². The van der Waals surface area contributed by atoms with Crippen molar-refractivity contribution in [3.05, 3.63) is 46.7 Å².